The van der Waals surface area contributed by atoms with Gasteiger partial charge in [-0.05, 0) is 35.9 Å². The van der Waals surface area contributed by atoms with E-state index in [4.69, 9.17) is 0 Å². The molecule has 136 valence electrons. The van der Waals surface area contributed by atoms with Gasteiger partial charge in [-0.1, -0.05) is 84.0 Å². The van der Waals surface area contributed by atoms with E-state index in [1.807, 2.05) is 10.2 Å². The van der Waals surface area contributed by atoms with E-state index in [9.17, 15) is 0 Å². The fourth-order valence-electron chi connectivity index (χ4n) is 3.41. The second kappa shape index (κ2) is 9.31. The molecule has 4 aromatic rings. The van der Waals surface area contributed by atoms with Crippen LogP contribution in [0.25, 0.3) is 11.1 Å². The number of benzene rings is 4. The summed E-state index contributed by atoms with van der Waals surface area (Å²) >= 11 is 0. The molecule has 0 spiro atoms. The Kier molecular flexibility index (Phi) is 6.82. The Morgan fingerprint density at radius 1 is 0.481 bits per heavy atom. The summed E-state index contributed by atoms with van der Waals surface area (Å²) in [5.74, 6) is 0. The first-order chi connectivity index (χ1) is 12.8. The topological polar surface area (TPSA) is 0 Å². The number of hydrogen-bond donors (Lipinski definition) is 0. The SMILES string of the molecule is [Cu].[SiH2]c1ccccc1-c1ccccc1[PH+](c1ccccc1)c1ccccc1. The standard InChI is InChI=1S/C24H20PSi.Cu/c26-24-18-10-8-16-22(24)21-15-7-9-17-23(21)25(19-11-3-1-4-12-19)20-13-5-2-6-14-20;/h1-18H,26H2;/p+1. The van der Waals surface area contributed by atoms with E-state index >= 15 is 0 Å². The molecule has 0 fully saturated rings. The Hall–Kier alpha value is -1.95. The van der Waals surface area contributed by atoms with E-state index in [1.54, 1.807) is 0 Å². The maximum Gasteiger partial charge on any atom is 0.110 e. The van der Waals surface area contributed by atoms with Crippen molar-refractivity contribution in [1.82, 2.24) is 0 Å². The van der Waals surface area contributed by atoms with Crippen LogP contribution >= 0.6 is 7.92 Å². The molecule has 0 unspecified atom stereocenters. The predicted molar refractivity (Wildman–Crippen MR) is 120 cm³/mol. The van der Waals surface area contributed by atoms with Crippen LogP contribution in [0.15, 0.2) is 109 Å². The fraction of sp³-hybridized carbons (Fsp3) is 0. The van der Waals surface area contributed by atoms with Crippen molar-refractivity contribution < 1.29 is 17.1 Å². The molecular formula is C24H21CuPSi+. The number of rotatable bonds is 4. The smallest absolute Gasteiger partial charge is 0.0634 e. The van der Waals surface area contributed by atoms with Crippen LogP contribution in [-0.2, 0) is 17.1 Å². The van der Waals surface area contributed by atoms with Gasteiger partial charge >= 0.3 is 0 Å². The van der Waals surface area contributed by atoms with E-state index in [2.05, 4.69) is 109 Å². The van der Waals surface area contributed by atoms with Crippen molar-refractivity contribution >= 4 is 39.3 Å². The van der Waals surface area contributed by atoms with Gasteiger partial charge in [-0.25, -0.2) is 0 Å². The second-order valence-electron chi connectivity index (χ2n) is 6.31. The summed E-state index contributed by atoms with van der Waals surface area (Å²) in [6, 6.07) is 39.6. The van der Waals surface area contributed by atoms with Crippen LogP contribution in [0.4, 0.5) is 0 Å². The summed E-state index contributed by atoms with van der Waals surface area (Å²) in [6.07, 6.45) is 0. The molecular weight excluding hydrogens is 411 g/mol. The zero-order chi connectivity index (χ0) is 17.8. The maximum atomic E-state index is 2.32. The van der Waals surface area contributed by atoms with Crippen molar-refractivity contribution in [3.63, 3.8) is 0 Å². The van der Waals surface area contributed by atoms with Crippen molar-refractivity contribution in [2.75, 3.05) is 0 Å². The normalized spacial score (nSPS) is 10.4. The molecule has 0 amide bonds. The molecule has 0 aromatic heterocycles. The molecule has 0 N–H and O–H groups in total. The molecule has 3 heteroatoms. The first-order valence-electron chi connectivity index (χ1n) is 8.83. The van der Waals surface area contributed by atoms with Gasteiger partial charge in [0.05, 0.1) is 7.92 Å². The minimum Gasteiger partial charge on any atom is -0.0634 e. The van der Waals surface area contributed by atoms with Crippen LogP contribution in [0.2, 0.25) is 0 Å². The number of hydrogen-bond acceptors (Lipinski definition) is 0. The minimum absolute atomic E-state index is 0. The Morgan fingerprint density at radius 3 is 1.48 bits per heavy atom. The Balaban J connectivity index is 0.00000210. The summed E-state index contributed by atoms with van der Waals surface area (Å²) in [4.78, 5) is 0. The van der Waals surface area contributed by atoms with E-state index in [0.717, 1.165) is 0 Å². The van der Waals surface area contributed by atoms with Crippen LogP contribution in [0.1, 0.15) is 0 Å². The Morgan fingerprint density at radius 2 is 0.926 bits per heavy atom. The van der Waals surface area contributed by atoms with Crippen LogP contribution in [-0.4, -0.2) is 10.2 Å². The fourth-order valence-corrected chi connectivity index (χ4v) is 6.61. The van der Waals surface area contributed by atoms with Gasteiger partial charge in [0.1, 0.15) is 15.9 Å². The molecule has 0 aliphatic carbocycles. The van der Waals surface area contributed by atoms with Crippen molar-refractivity contribution in [2.45, 2.75) is 0 Å². The molecule has 0 heterocycles. The van der Waals surface area contributed by atoms with Crippen LogP contribution < -0.4 is 21.1 Å². The van der Waals surface area contributed by atoms with Crippen molar-refractivity contribution in [1.29, 1.82) is 0 Å². The zero-order valence-corrected chi connectivity index (χ0v) is 18.3. The quantitative estimate of drug-likeness (QED) is 0.344. The summed E-state index contributed by atoms with van der Waals surface area (Å²) in [5, 5.41) is 5.65. The van der Waals surface area contributed by atoms with E-state index < -0.39 is 7.92 Å². The first-order valence-corrected chi connectivity index (χ1v) is 11.0. The van der Waals surface area contributed by atoms with Gasteiger partial charge in [0, 0.05) is 32.9 Å². The van der Waals surface area contributed by atoms with Crippen LogP contribution in [0, 0.1) is 0 Å². The van der Waals surface area contributed by atoms with Gasteiger partial charge in [-0.2, -0.15) is 0 Å². The molecule has 4 aromatic carbocycles. The third-order valence-electron chi connectivity index (χ3n) is 4.63. The molecule has 0 bridgehead atoms. The molecule has 0 saturated carbocycles. The van der Waals surface area contributed by atoms with Gasteiger partial charge < -0.3 is 0 Å². The average molecular weight is 432 g/mol. The monoisotopic (exact) mass is 431 g/mol. The van der Waals surface area contributed by atoms with Gasteiger partial charge in [-0.3, -0.25) is 0 Å². The van der Waals surface area contributed by atoms with E-state index in [0.29, 0.717) is 0 Å². The summed E-state index contributed by atoms with van der Waals surface area (Å²) in [6.45, 7) is 0. The van der Waals surface area contributed by atoms with Gasteiger partial charge in [0.25, 0.3) is 0 Å². The van der Waals surface area contributed by atoms with E-state index in [-0.39, 0.29) is 17.1 Å². The van der Waals surface area contributed by atoms with Gasteiger partial charge in [-0.15, -0.1) is 0 Å². The maximum absolute atomic E-state index is 2.32. The Bertz CT molecular complexity index is 963. The summed E-state index contributed by atoms with van der Waals surface area (Å²) < 4.78 is 0. The third-order valence-corrected chi connectivity index (χ3v) is 8.04. The first kappa shape index (κ1) is 19.8. The molecule has 0 aliphatic rings. The molecule has 0 atom stereocenters. The van der Waals surface area contributed by atoms with Crippen molar-refractivity contribution in [3.05, 3.63) is 109 Å². The predicted octanol–water partition coefficient (Wildman–Crippen LogP) is 3.10. The summed E-state index contributed by atoms with van der Waals surface area (Å²) in [7, 11) is 0.902. The minimum atomic E-state index is -1.07. The van der Waals surface area contributed by atoms with Crippen molar-refractivity contribution in [3.8, 4) is 11.1 Å². The van der Waals surface area contributed by atoms with E-state index in [1.165, 1.54) is 32.2 Å². The second-order valence-corrected chi connectivity index (χ2v) is 9.51. The largest absolute Gasteiger partial charge is 0.110 e. The molecule has 27 heavy (non-hydrogen) atoms. The molecule has 2 radical (unpaired) electrons. The van der Waals surface area contributed by atoms with Gasteiger partial charge in [0.15, 0.2) is 0 Å². The zero-order valence-electron chi connectivity index (χ0n) is 14.9. The Labute approximate surface area is 176 Å². The molecule has 4 rings (SSSR count). The molecule has 0 aliphatic heterocycles. The molecule has 0 nitrogen and oxygen atoms in total. The van der Waals surface area contributed by atoms with Crippen molar-refractivity contribution in [2.24, 2.45) is 0 Å². The molecule has 0 saturated heterocycles. The van der Waals surface area contributed by atoms with Crippen LogP contribution in [0.5, 0.6) is 0 Å². The third kappa shape index (κ3) is 4.31. The summed E-state index contributed by atoms with van der Waals surface area (Å²) in [5.41, 5.74) is 2.70. The van der Waals surface area contributed by atoms with Gasteiger partial charge in [0.2, 0.25) is 0 Å². The van der Waals surface area contributed by atoms with Crippen LogP contribution in [0.3, 0.4) is 0 Å². The average Bonchev–Trinajstić information content (AvgIpc) is 2.71.